The summed E-state index contributed by atoms with van der Waals surface area (Å²) in [7, 11) is 0. The molecule has 1 fully saturated rings. The van der Waals surface area contributed by atoms with Crippen molar-refractivity contribution < 1.29 is 15.0 Å². The van der Waals surface area contributed by atoms with E-state index in [2.05, 4.69) is 0 Å². The lowest BCUT2D eigenvalue weighted by molar-refractivity contribution is -0.141. The van der Waals surface area contributed by atoms with E-state index in [4.69, 9.17) is 10.8 Å². The summed E-state index contributed by atoms with van der Waals surface area (Å²) in [5.74, 6) is -1.27. The minimum absolute atomic E-state index is 0.253. The Kier molecular flexibility index (Phi) is 3.05. The summed E-state index contributed by atoms with van der Waals surface area (Å²) in [5, 5.41) is 18.1. The van der Waals surface area contributed by atoms with Crippen LogP contribution in [0, 0.1) is 5.92 Å². The van der Waals surface area contributed by atoms with Crippen LogP contribution >= 0.6 is 0 Å². The van der Waals surface area contributed by atoms with Crippen LogP contribution in [-0.4, -0.2) is 28.3 Å². The minimum Gasteiger partial charge on any atom is -0.480 e. The number of hydrogen-bond acceptors (Lipinski definition) is 3. The molecular formula is C8H15NO3. The molecule has 0 heterocycles. The van der Waals surface area contributed by atoms with Gasteiger partial charge in [0.15, 0.2) is 0 Å². The van der Waals surface area contributed by atoms with Gasteiger partial charge in [-0.3, -0.25) is 4.79 Å². The van der Waals surface area contributed by atoms with Crippen LogP contribution in [0.5, 0.6) is 0 Å². The van der Waals surface area contributed by atoms with Gasteiger partial charge in [0.1, 0.15) is 6.04 Å². The smallest absolute Gasteiger partial charge is 0.320 e. The number of nitrogens with two attached hydrogens (primary N) is 1. The number of hydrogen-bond donors (Lipinski definition) is 3. The molecule has 1 unspecified atom stereocenters. The zero-order valence-electron chi connectivity index (χ0n) is 6.94. The van der Waals surface area contributed by atoms with E-state index in [0.717, 1.165) is 19.3 Å². The van der Waals surface area contributed by atoms with Gasteiger partial charge in [-0.2, -0.15) is 0 Å². The molecule has 0 aromatic carbocycles. The molecule has 1 aliphatic carbocycles. The van der Waals surface area contributed by atoms with E-state index >= 15 is 0 Å². The lowest BCUT2D eigenvalue weighted by Crippen LogP contribution is -2.45. The van der Waals surface area contributed by atoms with Gasteiger partial charge in [-0.1, -0.05) is 12.8 Å². The molecule has 4 nitrogen and oxygen atoms in total. The molecule has 1 saturated carbocycles. The monoisotopic (exact) mass is 173 g/mol. The van der Waals surface area contributed by atoms with Crippen molar-refractivity contribution in [3.63, 3.8) is 0 Å². The van der Waals surface area contributed by atoms with Crippen molar-refractivity contribution in [3.05, 3.63) is 0 Å². The molecule has 12 heavy (non-hydrogen) atoms. The molecular weight excluding hydrogens is 158 g/mol. The topological polar surface area (TPSA) is 83.6 Å². The number of aliphatic carboxylic acids is 1. The van der Waals surface area contributed by atoms with Crippen LogP contribution in [0.4, 0.5) is 0 Å². The quantitative estimate of drug-likeness (QED) is 0.546. The Balaban J connectivity index is 2.53. The normalized spacial score (nSPS) is 32.8. The second-order valence-corrected chi connectivity index (χ2v) is 3.38. The van der Waals surface area contributed by atoms with Crippen LogP contribution in [0.2, 0.25) is 0 Å². The summed E-state index contributed by atoms with van der Waals surface area (Å²) in [6.07, 6.45) is 2.84. The molecule has 0 aromatic rings. The summed E-state index contributed by atoms with van der Waals surface area (Å²) in [6.45, 7) is 0. The molecule has 0 bridgehead atoms. The van der Waals surface area contributed by atoms with Gasteiger partial charge in [0.25, 0.3) is 0 Å². The average Bonchev–Trinajstić information content (AvgIpc) is 2.04. The highest BCUT2D eigenvalue weighted by Gasteiger charge is 2.32. The number of carboxylic acid groups (broad SMARTS) is 1. The molecule has 0 radical (unpaired) electrons. The Hall–Kier alpha value is -0.610. The SMILES string of the molecule is NC(C(=O)O)[C@H]1CCCC[C@H]1O. The van der Waals surface area contributed by atoms with Gasteiger partial charge >= 0.3 is 5.97 Å². The highest BCUT2D eigenvalue weighted by molar-refractivity contribution is 5.73. The van der Waals surface area contributed by atoms with Crippen LogP contribution in [0.15, 0.2) is 0 Å². The number of carboxylic acids is 1. The molecule has 1 aliphatic rings. The maximum absolute atomic E-state index is 10.5. The van der Waals surface area contributed by atoms with E-state index in [1.165, 1.54) is 0 Å². The van der Waals surface area contributed by atoms with Crippen LogP contribution in [-0.2, 0) is 4.79 Å². The molecule has 70 valence electrons. The van der Waals surface area contributed by atoms with Crippen LogP contribution in [0.1, 0.15) is 25.7 Å². The minimum atomic E-state index is -1.01. The molecule has 0 spiro atoms. The zero-order chi connectivity index (χ0) is 9.14. The summed E-state index contributed by atoms with van der Waals surface area (Å²) < 4.78 is 0. The average molecular weight is 173 g/mol. The first kappa shape index (κ1) is 9.48. The molecule has 0 aromatic heterocycles. The third kappa shape index (κ3) is 1.95. The Morgan fingerprint density at radius 3 is 2.50 bits per heavy atom. The third-order valence-electron chi connectivity index (χ3n) is 2.53. The number of rotatable bonds is 2. The van der Waals surface area contributed by atoms with Gasteiger partial charge < -0.3 is 15.9 Å². The first-order chi connectivity index (χ1) is 5.63. The number of aliphatic hydroxyl groups is 1. The summed E-state index contributed by atoms with van der Waals surface area (Å²) in [6, 6.07) is -0.903. The largest absolute Gasteiger partial charge is 0.480 e. The van der Waals surface area contributed by atoms with Crippen molar-refractivity contribution >= 4 is 5.97 Å². The Bertz CT molecular complexity index is 172. The Morgan fingerprint density at radius 1 is 1.42 bits per heavy atom. The molecule has 0 saturated heterocycles. The van der Waals surface area contributed by atoms with Crippen LogP contribution in [0.3, 0.4) is 0 Å². The van der Waals surface area contributed by atoms with E-state index in [1.807, 2.05) is 0 Å². The summed E-state index contributed by atoms with van der Waals surface area (Å²) in [5.41, 5.74) is 5.42. The molecule has 4 N–H and O–H groups in total. The van der Waals surface area contributed by atoms with Gasteiger partial charge in [-0.25, -0.2) is 0 Å². The first-order valence-corrected chi connectivity index (χ1v) is 4.29. The Labute approximate surface area is 71.4 Å². The number of carbonyl (C=O) groups is 1. The van der Waals surface area contributed by atoms with Crippen molar-refractivity contribution in [2.24, 2.45) is 11.7 Å². The van der Waals surface area contributed by atoms with Crippen molar-refractivity contribution in [1.29, 1.82) is 0 Å². The molecule has 0 amide bonds. The second kappa shape index (κ2) is 3.87. The predicted octanol–water partition coefficient (Wildman–Crippen LogP) is -0.0506. The van der Waals surface area contributed by atoms with Crippen molar-refractivity contribution in [2.75, 3.05) is 0 Å². The van der Waals surface area contributed by atoms with Crippen molar-refractivity contribution in [1.82, 2.24) is 0 Å². The van der Waals surface area contributed by atoms with Crippen molar-refractivity contribution in [2.45, 2.75) is 37.8 Å². The lowest BCUT2D eigenvalue weighted by atomic mass is 9.82. The standard InChI is InChI=1S/C8H15NO3/c9-7(8(11)12)5-3-1-2-4-6(5)10/h5-7,10H,1-4,9H2,(H,11,12)/t5-,6+,7?/m0/s1. The number of aliphatic hydroxyl groups excluding tert-OH is 1. The van der Waals surface area contributed by atoms with E-state index < -0.39 is 18.1 Å². The molecule has 0 aliphatic heterocycles. The van der Waals surface area contributed by atoms with Gasteiger partial charge in [0.05, 0.1) is 6.10 Å². The maximum atomic E-state index is 10.5. The van der Waals surface area contributed by atoms with Crippen molar-refractivity contribution in [3.8, 4) is 0 Å². The van der Waals surface area contributed by atoms with Gasteiger partial charge in [0, 0.05) is 5.92 Å². The van der Waals surface area contributed by atoms with Crippen LogP contribution < -0.4 is 5.73 Å². The first-order valence-electron chi connectivity index (χ1n) is 4.29. The molecule has 1 rings (SSSR count). The lowest BCUT2D eigenvalue weighted by Gasteiger charge is -2.29. The predicted molar refractivity (Wildman–Crippen MR) is 43.6 cm³/mol. The summed E-state index contributed by atoms with van der Waals surface area (Å²) in [4.78, 5) is 10.5. The summed E-state index contributed by atoms with van der Waals surface area (Å²) >= 11 is 0. The fourth-order valence-corrected chi connectivity index (χ4v) is 1.74. The van der Waals surface area contributed by atoms with E-state index in [1.54, 1.807) is 0 Å². The fraction of sp³-hybridized carbons (Fsp3) is 0.875. The fourth-order valence-electron chi connectivity index (χ4n) is 1.74. The molecule has 3 atom stereocenters. The van der Waals surface area contributed by atoms with Gasteiger partial charge in [0.2, 0.25) is 0 Å². The molecule has 4 heteroatoms. The van der Waals surface area contributed by atoms with E-state index in [9.17, 15) is 9.90 Å². The van der Waals surface area contributed by atoms with E-state index in [-0.39, 0.29) is 5.92 Å². The Morgan fingerprint density at radius 2 is 2.00 bits per heavy atom. The highest BCUT2D eigenvalue weighted by atomic mass is 16.4. The van der Waals surface area contributed by atoms with Gasteiger partial charge in [-0.15, -0.1) is 0 Å². The maximum Gasteiger partial charge on any atom is 0.320 e. The van der Waals surface area contributed by atoms with Crippen LogP contribution in [0.25, 0.3) is 0 Å². The van der Waals surface area contributed by atoms with Gasteiger partial charge in [-0.05, 0) is 12.8 Å². The third-order valence-corrected chi connectivity index (χ3v) is 2.53. The highest BCUT2D eigenvalue weighted by Crippen LogP contribution is 2.26. The second-order valence-electron chi connectivity index (χ2n) is 3.38. The van der Waals surface area contributed by atoms with E-state index in [0.29, 0.717) is 6.42 Å². The zero-order valence-corrected chi connectivity index (χ0v) is 6.94.